The molecule has 0 unspecified atom stereocenters. The van der Waals surface area contributed by atoms with Crippen LogP contribution in [0.4, 0.5) is 13.2 Å². The summed E-state index contributed by atoms with van der Waals surface area (Å²) in [6, 6.07) is 14.2. The van der Waals surface area contributed by atoms with Crippen LogP contribution < -0.4 is 4.74 Å². The number of hydrogen-bond acceptors (Lipinski definition) is 6. The van der Waals surface area contributed by atoms with Crippen molar-refractivity contribution < 1.29 is 32.0 Å². The second-order valence-electron chi connectivity index (χ2n) is 8.78. The molecule has 2 aromatic carbocycles. The number of fused-ring (bicyclic) bond motifs is 1. The molecule has 2 atom stereocenters. The highest BCUT2D eigenvalue weighted by Gasteiger charge is 2.43. The molecule has 10 heteroatoms. The largest absolute Gasteiger partial charge is 0.491 e. The minimum Gasteiger partial charge on any atom is -0.491 e. The van der Waals surface area contributed by atoms with Crippen LogP contribution in [0, 0.1) is 5.41 Å². The third-order valence-electron chi connectivity index (χ3n) is 6.29. The molecule has 0 spiro atoms. The van der Waals surface area contributed by atoms with Gasteiger partial charge in [0.05, 0.1) is 24.6 Å². The lowest BCUT2D eigenvalue weighted by molar-refractivity contribution is -0.159. The third kappa shape index (κ3) is 4.13. The van der Waals surface area contributed by atoms with Crippen LogP contribution in [-0.4, -0.2) is 40.8 Å². The maximum Gasteiger partial charge on any atom is 0.471 e. The molecule has 0 saturated carbocycles. The van der Waals surface area contributed by atoms with Gasteiger partial charge in [-0.2, -0.15) is 18.2 Å². The van der Waals surface area contributed by atoms with Crippen molar-refractivity contribution in [1.29, 1.82) is 0 Å². The second kappa shape index (κ2) is 8.43. The first-order valence-corrected chi connectivity index (χ1v) is 10.9. The van der Waals surface area contributed by atoms with E-state index in [0.29, 0.717) is 30.9 Å². The van der Waals surface area contributed by atoms with Crippen molar-refractivity contribution in [2.75, 3.05) is 19.8 Å². The van der Waals surface area contributed by atoms with Gasteiger partial charge in [0, 0.05) is 17.7 Å². The zero-order valence-electron chi connectivity index (χ0n) is 18.3. The van der Waals surface area contributed by atoms with Crippen molar-refractivity contribution in [3.63, 3.8) is 0 Å². The topological polar surface area (TPSA) is 77.7 Å². The number of halogens is 3. The Morgan fingerprint density at radius 3 is 2.65 bits per heavy atom. The summed E-state index contributed by atoms with van der Waals surface area (Å²) < 4.78 is 54.5. The first kappa shape index (κ1) is 22.4. The average Bonchev–Trinajstić information content (AvgIpc) is 3.45. The van der Waals surface area contributed by atoms with E-state index in [4.69, 9.17) is 9.47 Å². The highest BCUT2D eigenvalue weighted by molar-refractivity contribution is 5.83. The number of carbonyl (C=O) groups is 1. The maximum atomic E-state index is 13.7. The van der Waals surface area contributed by atoms with Crippen LogP contribution in [0.3, 0.4) is 0 Å². The number of carbonyl (C=O) groups excluding carboxylic acids is 1. The molecule has 2 aliphatic rings. The molecule has 3 aromatic rings. The zero-order chi connectivity index (χ0) is 23.9. The van der Waals surface area contributed by atoms with Crippen LogP contribution in [0.1, 0.15) is 36.4 Å². The van der Waals surface area contributed by atoms with Gasteiger partial charge in [-0.15, -0.1) is 0 Å². The van der Waals surface area contributed by atoms with Gasteiger partial charge in [-0.25, -0.2) is 0 Å². The Kier molecular flexibility index (Phi) is 5.55. The molecule has 178 valence electrons. The van der Waals surface area contributed by atoms with Crippen molar-refractivity contribution in [3.05, 3.63) is 65.5 Å². The first-order valence-electron chi connectivity index (χ1n) is 10.9. The van der Waals surface area contributed by atoms with Crippen LogP contribution in [0.15, 0.2) is 53.1 Å². The number of rotatable bonds is 3. The lowest BCUT2D eigenvalue weighted by Gasteiger charge is -2.35. The number of benzene rings is 2. The SMILES string of the molecule is C[C@]1(C(=O)N2Cc3ccc(-c4noc(C(F)(F)F)n4)cc3OC[C@H]2c2ccccc2)CCOC1. The monoisotopic (exact) mass is 473 g/mol. The van der Waals surface area contributed by atoms with Crippen molar-refractivity contribution in [1.82, 2.24) is 15.0 Å². The van der Waals surface area contributed by atoms with E-state index in [-0.39, 0.29) is 30.9 Å². The molecular formula is C24H22F3N3O4. The minimum atomic E-state index is -4.72. The summed E-state index contributed by atoms with van der Waals surface area (Å²) >= 11 is 0. The van der Waals surface area contributed by atoms with Gasteiger partial charge in [-0.1, -0.05) is 47.6 Å². The normalized spacial score (nSPS) is 22.7. The van der Waals surface area contributed by atoms with E-state index < -0.39 is 17.5 Å². The first-order chi connectivity index (χ1) is 16.2. The Bertz CT molecular complexity index is 1190. The number of hydrogen-bond donors (Lipinski definition) is 0. The summed E-state index contributed by atoms with van der Waals surface area (Å²) in [6.07, 6.45) is -4.09. The van der Waals surface area contributed by atoms with Gasteiger partial charge in [-0.05, 0) is 25.0 Å². The molecule has 34 heavy (non-hydrogen) atoms. The molecule has 7 nitrogen and oxygen atoms in total. The molecule has 0 radical (unpaired) electrons. The summed E-state index contributed by atoms with van der Waals surface area (Å²) in [4.78, 5) is 19.0. The quantitative estimate of drug-likeness (QED) is 0.552. The number of ether oxygens (including phenoxy) is 2. The summed E-state index contributed by atoms with van der Waals surface area (Å²) in [5, 5.41) is 3.45. The Morgan fingerprint density at radius 1 is 1.18 bits per heavy atom. The summed E-state index contributed by atoms with van der Waals surface area (Å²) in [7, 11) is 0. The molecule has 1 saturated heterocycles. The van der Waals surface area contributed by atoms with Gasteiger partial charge in [-0.3, -0.25) is 4.79 Å². The molecule has 0 N–H and O–H groups in total. The van der Waals surface area contributed by atoms with Gasteiger partial charge in [0.2, 0.25) is 11.7 Å². The van der Waals surface area contributed by atoms with Crippen molar-refractivity contribution in [3.8, 4) is 17.1 Å². The molecule has 0 bridgehead atoms. The van der Waals surface area contributed by atoms with Crippen molar-refractivity contribution in [2.24, 2.45) is 5.41 Å². The molecular weight excluding hydrogens is 451 g/mol. The van der Waals surface area contributed by atoms with Crippen LogP contribution >= 0.6 is 0 Å². The van der Waals surface area contributed by atoms with Crippen LogP contribution in [0.5, 0.6) is 5.75 Å². The van der Waals surface area contributed by atoms with Crippen molar-refractivity contribution in [2.45, 2.75) is 32.1 Å². The highest BCUT2D eigenvalue weighted by Crippen LogP contribution is 2.39. The second-order valence-corrected chi connectivity index (χ2v) is 8.78. The van der Waals surface area contributed by atoms with Gasteiger partial charge in [0.25, 0.3) is 0 Å². The lowest BCUT2D eigenvalue weighted by Crippen LogP contribution is -2.45. The zero-order valence-corrected chi connectivity index (χ0v) is 18.3. The summed E-state index contributed by atoms with van der Waals surface area (Å²) in [5.41, 5.74) is 1.36. The molecule has 1 aromatic heterocycles. The molecule has 1 fully saturated rings. The molecule has 2 aliphatic heterocycles. The van der Waals surface area contributed by atoms with Crippen LogP contribution in [0.25, 0.3) is 11.4 Å². The third-order valence-corrected chi connectivity index (χ3v) is 6.29. The predicted molar refractivity (Wildman–Crippen MR) is 114 cm³/mol. The summed E-state index contributed by atoms with van der Waals surface area (Å²) in [5.74, 6) is -1.16. The lowest BCUT2D eigenvalue weighted by atomic mass is 9.87. The Balaban J connectivity index is 1.49. The Labute approximate surface area is 193 Å². The molecule has 0 aliphatic carbocycles. The minimum absolute atomic E-state index is 0.0210. The average molecular weight is 473 g/mol. The number of amides is 1. The van der Waals surface area contributed by atoms with E-state index in [0.717, 1.165) is 11.1 Å². The number of aromatic nitrogens is 2. The Hall–Kier alpha value is -3.40. The molecule has 1 amide bonds. The number of nitrogens with zero attached hydrogens (tertiary/aromatic N) is 3. The van der Waals surface area contributed by atoms with E-state index in [1.807, 2.05) is 42.2 Å². The smallest absolute Gasteiger partial charge is 0.471 e. The van der Waals surface area contributed by atoms with E-state index in [1.54, 1.807) is 18.2 Å². The summed E-state index contributed by atoms with van der Waals surface area (Å²) in [6.45, 7) is 3.27. The molecule has 5 rings (SSSR count). The van der Waals surface area contributed by atoms with Gasteiger partial charge >= 0.3 is 12.1 Å². The highest BCUT2D eigenvalue weighted by atomic mass is 19.4. The maximum absolute atomic E-state index is 13.7. The van der Waals surface area contributed by atoms with Gasteiger partial charge < -0.3 is 18.9 Å². The van der Waals surface area contributed by atoms with Crippen molar-refractivity contribution >= 4 is 5.91 Å². The van der Waals surface area contributed by atoms with E-state index in [9.17, 15) is 18.0 Å². The van der Waals surface area contributed by atoms with Crippen LogP contribution in [0.2, 0.25) is 0 Å². The van der Waals surface area contributed by atoms with Gasteiger partial charge in [0.1, 0.15) is 12.4 Å². The molecule has 3 heterocycles. The number of alkyl halides is 3. The van der Waals surface area contributed by atoms with E-state index >= 15 is 0 Å². The predicted octanol–water partition coefficient (Wildman–Crippen LogP) is 4.64. The fourth-order valence-corrected chi connectivity index (χ4v) is 4.31. The fraction of sp³-hybridized carbons (Fsp3) is 0.375. The van der Waals surface area contributed by atoms with Crippen LogP contribution in [-0.2, 0) is 22.3 Å². The van der Waals surface area contributed by atoms with E-state index in [2.05, 4.69) is 14.7 Å². The van der Waals surface area contributed by atoms with Gasteiger partial charge in [0.15, 0.2) is 0 Å². The standard InChI is InChI=1S/C24H22F3N3O4/c1-23(9-10-32-14-23)22(31)30-12-17-8-7-16(20-28-21(34-29-20)24(25,26)27)11-19(17)33-13-18(30)15-5-3-2-4-6-15/h2-8,11,18H,9-10,12-14H2,1H3/t18-,23-/m0/s1. The van der Waals surface area contributed by atoms with E-state index in [1.165, 1.54) is 0 Å². The Morgan fingerprint density at radius 2 is 1.97 bits per heavy atom. The fourth-order valence-electron chi connectivity index (χ4n) is 4.31.